The molecule has 4 rings (SSSR count). The first-order valence-electron chi connectivity index (χ1n) is 7.25. The normalized spacial score (nSPS) is 17.3. The molecule has 0 bridgehead atoms. The Bertz CT molecular complexity index is 860. The molecule has 0 amide bonds. The van der Waals surface area contributed by atoms with Crippen LogP contribution in [0.25, 0.3) is 5.69 Å². The van der Waals surface area contributed by atoms with Crippen molar-refractivity contribution in [3.05, 3.63) is 66.5 Å². The maximum absolute atomic E-state index is 6.44. The molecule has 4 nitrogen and oxygen atoms in total. The largest absolute Gasteiger partial charge is 0.250 e. The van der Waals surface area contributed by atoms with Crippen molar-refractivity contribution in [3.63, 3.8) is 0 Å². The van der Waals surface area contributed by atoms with Crippen molar-refractivity contribution in [3.8, 4) is 5.69 Å². The molecule has 23 heavy (non-hydrogen) atoms. The number of thioether (sulfide) groups is 1. The minimum atomic E-state index is -0.0701. The molecule has 3 aromatic rings. The summed E-state index contributed by atoms with van der Waals surface area (Å²) >= 11 is 8.07. The molecule has 0 saturated carbocycles. The van der Waals surface area contributed by atoms with Gasteiger partial charge < -0.3 is 0 Å². The Morgan fingerprint density at radius 1 is 1.04 bits per heavy atom. The van der Waals surface area contributed by atoms with Crippen molar-refractivity contribution < 1.29 is 0 Å². The standard InChI is InChI=1S/C17H13ClN4S/c18-17-10-14(20-13-8-4-5-9-16(13)23-17)15-11-19-22(21-15)12-6-2-1-3-7-12/h1-9,11,17H,10H2. The van der Waals surface area contributed by atoms with E-state index < -0.39 is 0 Å². The third-order valence-corrected chi connectivity index (χ3v) is 4.95. The second-order valence-corrected chi connectivity index (χ2v) is 7.14. The second kappa shape index (κ2) is 6.18. The van der Waals surface area contributed by atoms with Crippen molar-refractivity contribution in [2.24, 2.45) is 4.99 Å². The average molecular weight is 341 g/mol. The fraction of sp³-hybridized carbons (Fsp3) is 0.118. The molecule has 1 aliphatic rings. The van der Waals surface area contributed by atoms with Crippen LogP contribution in [0.4, 0.5) is 5.69 Å². The minimum absolute atomic E-state index is 0.0701. The lowest BCUT2D eigenvalue weighted by Gasteiger charge is -2.05. The van der Waals surface area contributed by atoms with Gasteiger partial charge in [0, 0.05) is 11.3 Å². The molecule has 2 aromatic carbocycles. The van der Waals surface area contributed by atoms with E-state index in [4.69, 9.17) is 16.6 Å². The Hall–Kier alpha value is -2.11. The van der Waals surface area contributed by atoms with Crippen molar-refractivity contribution in [2.75, 3.05) is 0 Å². The number of alkyl halides is 1. The molecule has 1 aromatic heterocycles. The molecule has 1 unspecified atom stereocenters. The van der Waals surface area contributed by atoms with Gasteiger partial charge in [-0.25, -0.2) is 4.99 Å². The molecule has 0 N–H and O–H groups in total. The van der Waals surface area contributed by atoms with E-state index in [0.29, 0.717) is 6.42 Å². The SMILES string of the molecule is ClC1CC(c2cnn(-c3ccccc3)n2)=Nc2ccccc2S1. The number of aliphatic imine (C=N–C) groups is 1. The first kappa shape index (κ1) is 14.5. The average Bonchev–Trinajstić information content (AvgIpc) is 3.00. The number of aromatic nitrogens is 3. The van der Waals surface area contributed by atoms with Gasteiger partial charge in [0.05, 0.1) is 28.0 Å². The molecule has 1 atom stereocenters. The molecule has 6 heteroatoms. The fourth-order valence-corrected chi connectivity index (χ4v) is 3.76. The summed E-state index contributed by atoms with van der Waals surface area (Å²) in [5, 5.41) is 8.91. The first-order chi connectivity index (χ1) is 11.3. The summed E-state index contributed by atoms with van der Waals surface area (Å²) < 4.78 is -0.0701. The van der Waals surface area contributed by atoms with Crippen molar-refractivity contribution in [1.82, 2.24) is 15.0 Å². The van der Waals surface area contributed by atoms with Gasteiger partial charge in [-0.15, -0.1) is 28.5 Å². The molecule has 0 radical (unpaired) electrons. The van der Waals surface area contributed by atoms with Crippen molar-refractivity contribution in [1.29, 1.82) is 0 Å². The number of halogens is 1. The van der Waals surface area contributed by atoms with E-state index in [1.807, 2.05) is 54.6 Å². The number of hydrogen-bond donors (Lipinski definition) is 0. The predicted octanol–water partition coefficient (Wildman–Crippen LogP) is 4.45. The van der Waals surface area contributed by atoms with Crippen LogP contribution >= 0.6 is 23.4 Å². The highest BCUT2D eigenvalue weighted by atomic mass is 35.5. The summed E-state index contributed by atoms with van der Waals surface area (Å²) in [6.45, 7) is 0. The summed E-state index contributed by atoms with van der Waals surface area (Å²) in [7, 11) is 0. The Morgan fingerprint density at radius 3 is 2.70 bits per heavy atom. The Labute approximate surface area is 143 Å². The van der Waals surface area contributed by atoms with Gasteiger partial charge in [-0.1, -0.05) is 30.3 Å². The lowest BCUT2D eigenvalue weighted by Crippen LogP contribution is -2.07. The number of para-hydroxylation sites is 2. The van der Waals surface area contributed by atoms with Gasteiger partial charge in [-0.05, 0) is 24.3 Å². The molecule has 2 heterocycles. The summed E-state index contributed by atoms with van der Waals surface area (Å²) in [5.41, 5.74) is 3.48. The third-order valence-electron chi connectivity index (χ3n) is 3.50. The van der Waals surface area contributed by atoms with Gasteiger partial charge in [-0.2, -0.15) is 9.90 Å². The van der Waals surface area contributed by atoms with Crippen molar-refractivity contribution in [2.45, 2.75) is 16.0 Å². The van der Waals surface area contributed by atoms with E-state index in [1.54, 1.807) is 22.8 Å². The number of hydrogen-bond acceptors (Lipinski definition) is 4. The first-order valence-corrected chi connectivity index (χ1v) is 8.57. The lowest BCUT2D eigenvalue weighted by molar-refractivity contribution is 0.750. The summed E-state index contributed by atoms with van der Waals surface area (Å²) in [6.07, 6.45) is 2.39. The van der Waals surface area contributed by atoms with E-state index in [2.05, 4.69) is 10.2 Å². The second-order valence-electron chi connectivity index (χ2n) is 5.11. The molecule has 0 spiro atoms. The quantitative estimate of drug-likeness (QED) is 0.647. The van der Waals surface area contributed by atoms with Crippen LogP contribution in [-0.4, -0.2) is 25.4 Å². The van der Waals surface area contributed by atoms with Crippen LogP contribution in [0, 0.1) is 0 Å². The topological polar surface area (TPSA) is 43.1 Å². The van der Waals surface area contributed by atoms with Gasteiger partial charge in [0.25, 0.3) is 0 Å². The smallest absolute Gasteiger partial charge is 0.127 e. The summed E-state index contributed by atoms with van der Waals surface area (Å²) in [5.74, 6) is 0. The maximum atomic E-state index is 6.44. The number of fused-ring (bicyclic) bond motifs is 1. The van der Waals surface area contributed by atoms with Gasteiger partial charge >= 0.3 is 0 Å². The van der Waals surface area contributed by atoms with Crippen LogP contribution in [0.1, 0.15) is 12.1 Å². The summed E-state index contributed by atoms with van der Waals surface area (Å²) in [6, 6.07) is 17.9. The van der Waals surface area contributed by atoms with Crippen LogP contribution in [0.15, 0.2) is 70.7 Å². The molecule has 0 aliphatic carbocycles. The molecular weight excluding hydrogens is 328 g/mol. The van der Waals surface area contributed by atoms with E-state index in [1.165, 1.54) is 0 Å². The Kier molecular flexibility index (Phi) is 3.89. The summed E-state index contributed by atoms with van der Waals surface area (Å²) in [4.78, 5) is 7.47. The van der Waals surface area contributed by atoms with Crippen molar-refractivity contribution >= 4 is 34.8 Å². The lowest BCUT2D eigenvalue weighted by atomic mass is 10.2. The van der Waals surface area contributed by atoms with Crippen LogP contribution in [0.3, 0.4) is 0 Å². The highest BCUT2D eigenvalue weighted by Crippen LogP contribution is 2.39. The number of rotatable bonds is 2. The zero-order chi connectivity index (χ0) is 15.6. The minimum Gasteiger partial charge on any atom is -0.250 e. The van der Waals surface area contributed by atoms with E-state index in [9.17, 15) is 0 Å². The fourth-order valence-electron chi connectivity index (χ4n) is 2.41. The zero-order valence-corrected chi connectivity index (χ0v) is 13.7. The zero-order valence-electron chi connectivity index (χ0n) is 12.1. The van der Waals surface area contributed by atoms with Gasteiger partial charge in [-0.3, -0.25) is 0 Å². The molecule has 1 aliphatic heterocycles. The Morgan fingerprint density at radius 2 is 1.83 bits per heavy atom. The maximum Gasteiger partial charge on any atom is 0.127 e. The van der Waals surface area contributed by atoms with E-state index in [0.717, 1.165) is 27.7 Å². The van der Waals surface area contributed by atoms with Gasteiger partial charge in [0.2, 0.25) is 0 Å². The highest BCUT2D eigenvalue weighted by molar-refractivity contribution is 8.01. The monoisotopic (exact) mass is 340 g/mol. The van der Waals surface area contributed by atoms with E-state index >= 15 is 0 Å². The predicted molar refractivity (Wildman–Crippen MR) is 94.1 cm³/mol. The molecule has 0 fully saturated rings. The Balaban J connectivity index is 1.73. The number of nitrogens with zero attached hydrogens (tertiary/aromatic N) is 4. The molecule has 0 saturated heterocycles. The highest BCUT2D eigenvalue weighted by Gasteiger charge is 2.20. The van der Waals surface area contributed by atoms with Crippen LogP contribution in [0.2, 0.25) is 0 Å². The van der Waals surface area contributed by atoms with E-state index in [-0.39, 0.29) is 4.71 Å². The van der Waals surface area contributed by atoms with Crippen LogP contribution in [0.5, 0.6) is 0 Å². The molecular formula is C17H13ClN4S. The number of benzene rings is 2. The van der Waals surface area contributed by atoms with Gasteiger partial charge in [0.1, 0.15) is 5.69 Å². The van der Waals surface area contributed by atoms with Crippen LogP contribution in [-0.2, 0) is 0 Å². The molecule has 114 valence electrons. The third kappa shape index (κ3) is 3.02. The van der Waals surface area contributed by atoms with Crippen LogP contribution < -0.4 is 0 Å². The van der Waals surface area contributed by atoms with Gasteiger partial charge in [0.15, 0.2) is 0 Å².